The van der Waals surface area contributed by atoms with E-state index < -0.39 is 11.6 Å². The summed E-state index contributed by atoms with van der Waals surface area (Å²) >= 11 is 0. The molecule has 2 fully saturated rings. The van der Waals surface area contributed by atoms with Crippen LogP contribution >= 0.6 is 0 Å². The number of H-pyrrole nitrogens is 1. The zero-order valence-corrected chi connectivity index (χ0v) is 18.9. The molecule has 7 nitrogen and oxygen atoms in total. The average Bonchev–Trinajstić information content (AvgIpc) is 3.43. The van der Waals surface area contributed by atoms with Crippen molar-refractivity contribution in [3.05, 3.63) is 77.7 Å². The van der Waals surface area contributed by atoms with E-state index in [1.54, 1.807) is 12.1 Å². The molecule has 2 aliphatic heterocycles. The van der Waals surface area contributed by atoms with Crippen LogP contribution in [0.5, 0.6) is 0 Å². The Labute approximate surface area is 197 Å². The summed E-state index contributed by atoms with van der Waals surface area (Å²) in [4.78, 5) is 27.4. The highest BCUT2D eigenvalue weighted by molar-refractivity contribution is 6.07. The number of nitrogens with one attached hydrogen (secondary N) is 3. The fourth-order valence-electron chi connectivity index (χ4n) is 5.28. The maximum Gasteiger partial charge on any atom is 0.322 e. The van der Waals surface area contributed by atoms with E-state index in [0.717, 1.165) is 54.7 Å². The summed E-state index contributed by atoms with van der Waals surface area (Å²) in [6.45, 7) is 2.34. The summed E-state index contributed by atoms with van der Waals surface area (Å²) in [5.41, 5.74) is 3.13. The van der Waals surface area contributed by atoms with E-state index in [1.807, 2.05) is 24.4 Å². The Bertz CT molecular complexity index is 1160. The molecule has 34 heavy (non-hydrogen) atoms. The molecule has 1 atom stereocenters. The van der Waals surface area contributed by atoms with Gasteiger partial charge in [0.15, 0.2) is 0 Å². The molecule has 3 heterocycles. The number of nitrogens with zero attached hydrogens (tertiary/aromatic N) is 2. The Morgan fingerprint density at radius 2 is 1.76 bits per heavy atom. The standard InChI is InChI=1S/C26H28FN5O2/c27-22-8-6-19(7-9-22)23-20(16-28-31-23)17-32-14-11-21(12-15-32)26(24(33)29-25(34)30-26)13-10-18-4-2-1-3-5-18/h1-9,16,21H,10-15,17H2,(H,28,31)(H2,29,30,33,34)/t26-/m1/s1. The molecule has 0 radical (unpaired) electrons. The molecule has 3 amide bonds. The summed E-state index contributed by atoms with van der Waals surface area (Å²) in [6.07, 6.45) is 4.75. The Balaban J connectivity index is 1.25. The predicted octanol–water partition coefficient (Wildman–Crippen LogP) is 3.64. The van der Waals surface area contributed by atoms with Gasteiger partial charge in [0.05, 0.1) is 11.9 Å². The highest BCUT2D eigenvalue weighted by Gasteiger charge is 2.51. The Kier molecular flexibility index (Phi) is 6.15. The van der Waals surface area contributed by atoms with Gasteiger partial charge in [0.1, 0.15) is 11.4 Å². The highest BCUT2D eigenvalue weighted by Crippen LogP contribution is 2.35. The average molecular weight is 462 g/mol. The normalized spacial score (nSPS) is 21.4. The zero-order chi connectivity index (χ0) is 23.5. The smallest absolute Gasteiger partial charge is 0.322 e. The monoisotopic (exact) mass is 461 g/mol. The second-order valence-corrected chi connectivity index (χ2v) is 9.19. The SMILES string of the molecule is O=C1NC(=O)[C@@](CCc2ccccc2)(C2CCN(Cc3cn[nH]c3-c3ccc(F)cc3)CC2)N1. The van der Waals surface area contributed by atoms with E-state index in [2.05, 4.69) is 37.9 Å². The number of hydrogen-bond donors (Lipinski definition) is 3. The Morgan fingerprint density at radius 3 is 2.44 bits per heavy atom. The van der Waals surface area contributed by atoms with Crippen LogP contribution in [0.3, 0.4) is 0 Å². The van der Waals surface area contributed by atoms with Gasteiger partial charge in [-0.2, -0.15) is 5.10 Å². The molecular formula is C26H28FN5O2. The molecule has 2 saturated heterocycles. The van der Waals surface area contributed by atoms with Crippen molar-refractivity contribution >= 4 is 11.9 Å². The number of carbonyl (C=O) groups is 2. The summed E-state index contributed by atoms with van der Waals surface area (Å²) < 4.78 is 13.3. The molecule has 3 N–H and O–H groups in total. The van der Waals surface area contributed by atoms with Crippen LogP contribution < -0.4 is 10.6 Å². The number of aromatic amines is 1. The van der Waals surface area contributed by atoms with Crippen LogP contribution in [0.2, 0.25) is 0 Å². The van der Waals surface area contributed by atoms with Crippen LogP contribution in [-0.4, -0.2) is 45.7 Å². The number of benzene rings is 2. The molecule has 8 heteroatoms. The number of carbonyl (C=O) groups excluding carboxylic acids is 2. The number of rotatable bonds is 7. The second-order valence-electron chi connectivity index (χ2n) is 9.19. The van der Waals surface area contributed by atoms with Crippen LogP contribution in [0.25, 0.3) is 11.3 Å². The Morgan fingerprint density at radius 1 is 1.03 bits per heavy atom. The van der Waals surface area contributed by atoms with Gasteiger partial charge in [-0.25, -0.2) is 9.18 Å². The molecule has 0 unspecified atom stereocenters. The van der Waals surface area contributed by atoms with Crippen molar-refractivity contribution in [3.8, 4) is 11.3 Å². The molecule has 0 spiro atoms. The van der Waals surface area contributed by atoms with Gasteiger partial charge in [0.25, 0.3) is 5.91 Å². The number of likely N-dealkylation sites (tertiary alicyclic amines) is 1. The van der Waals surface area contributed by atoms with Crippen molar-refractivity contribution in [2.45, 2.75) is 37.8 Å². The van der Waals surface area contributed by atoms with E-state index >= 15 is 0 Å². The molecular weight excluding hydrogens is 433 g/mol. The van der Waals surface area contributed by atoms with Gasteiger partial charge in [-0.1, -0.05) is 30.3 Å². The van der Waals surface area contributed by atoms with E-state index in [-0.39, 0.29) is 17.6 Å². The van der Waals surface area contributed by atoms with Crippen molar-refractivity contribution in [2.24, 2.45) is 5.92 Å². The van der Waals surface area contributed by atoms with Gasteiger partial charge in [-0.3, -0.25) is 20.1 Å². The first kappa shape index (κ1) is 22.3. The molecule has 2 aromatic carbocycles. The van der Waals surface area contributed by atoms with Gasteiger partial charge in [-0.05, 0) is 74.5 Å². The van der Waals surface area contributed by atoms with Gasteiger partial charge in [0, 0.05) is 17.7 Å². The van der Waals surface area contributed by atoms with Crippen molar-refractivity contribution in [1.82, 2.24) is 25.7 Å². The van der Waals surface area contributed by atoms with Crippen LogP contribution in [0.4, 0.5) is 9.18 Å². The van der Waals surface area contributed by atoms with E-state index in [0.29, 0.717) is 13.0 Å². The minimum absolute atomic E-state index is 0.0693. The number of urea groups is 1. The number of piperidine rings is 1. The first-order valence-corrected chi connectivity index (χ1v) is 11.7. The summed E-state index contributed by atoms with van der Waals surface area (Å²) in [5.74, 6) is -0.406. The van der Waals surface area contributed by atoms with Crippen LogP contribution in [0.1, 0.15) is 30.4 Å². The van der Waals surface area contributed by atoms with Gasteiger partial charge in [-0.15, -0.1) is 0 Å². The minimum Gasteiger partial charge on any atom is -0.323 e. The molecule has 2 aliphatic rings. The number of halogens is 1. The van der Waals surface area contributed by atoms with Crippen LogP contribution in [-0.2, 0) is 17.8 Å². The first-order valence-electron chi connectivity index (χ1n) is 11.7. The number of amides is 3. The fourth-order valence-corrected chi connectivity index (χ4v) is 5.28. The van der Waals surface area contributed by atoms with E-state index in [1.165, 1.54) is 12.1 Å². The number of aryl methyl sites for hydroxylation is 1. The van der Waals surface area contributed by atoms with E-state index in [9.17, 15) is 14.0 Å². The van der Waals surface area contributed by atoms with Crippen molar-refractivity contribution < 1.29 is 14.0 Å². The topological polar surface area (TPSA) is 90.1 Å². The lowest BCUT2D eigenvalue weighted by atomic mass is 9.74. The number of imide groups is 1. The number of aromatic nitrogens is 2. The second kappa shape index (κ2) is 9.38. The van der Waals surface area contributed by atoms with Crippen LogP contribution in [0.15, 0.2) is 60.8 Å². The lowest BCUT2D eigenvalue weighted by Crippen LogP contribution is -2.56. The third-order valence-corrected chi connectivity index (χ3v) is 7.15. The molecule has 0 saturated carbocycles. The molecule has 1 aromatic heterocycles. The molecule has 0 aliphatic carbocycles. The minimum atomic E-state index is -0.867. The van der Waals surface area contributed by atoms with E-state index in [4.69, 9.17) is 0 Å². The van der Waals surface area contributed by atoms with Gasteiger partial charge in [0.2, 0.25) is 0 Å². The zero-order valence-electron chi connectivity index (χ0n) is 18.9. The third kappa shape index (κ3) is 4.46. The number of hydrogen-bond acceptors (Lipinski definition) is 4. The highest BCUT2D eigenvalue weighted by atomic mass is 19.1. The summed E-state index contributed by atoms with van der Waals surface area (Å²) in [7, 11) is 0. The lowest BCUT2D eigenvalue weighted by molar-refractivity contribution is -0.127. The van der Waals surface area contributed by atoms with Gasteiger partial charge >= 0.3 is 6.03 Å². The lowest BCUT2D eigenvalue weighted by Gasteiger charge is -2.40. The van der Waals surface area contributed by atoms with Crippen molar-refractivity contribution in [1.29, 1.82) is 0 Å². The first-order chi connectivity index (χ1) is 16.5. The summed E-state index contributed by atoms with van der Waals surface area (Å²) in [6, 6.07) is 16.0. The predicted molar refractivity (Wildman–Crippen MR) is 126 cm³/mol. The quantitative estimate of drug-likeness (QED) is 0.469. The molecule has 0 bridgehead atoms. The maximum atomic E-state index is 13.3. The van der Waals surface area contributed by atoms with Crippen molar-refractivity contribution in [2.75, 3.05) is 13.1 Å². The Hall–Kier alpha value is -3.52. The largest absolute Gasteiger partial charge is 0.323 e. The third-order valence-electron chi connectivity index (χ3n) is 7.15. The van der Waals surface area contributed by atoms with Crippen LogP contribution in [0, 0.1) is 11.7 Å². The van der Waals surface area contributed by atoms with Gasteiger partial charge < -0.3 is 5.32 Å². The molecule has 176 valence electrons. The maximum absolute atomic E-state index is 13.3. The summed E-state index contributed by atoms with van der Waals surface area (Å²) in [5, 5.41) is 12.7. The molecule has 5 rings (SSSR count). The molecule has 3 aromatic rings. The van der Waals surface area contributed by atoms with Crippen molar-refractivity contribution in [3.63, 3.8) is 0 Å². The fraction of sp³-hybridized carbons (Fsp3) is 0.346.